The molecule has 0 N–H and O–H groups in total. The second-order valence-electron chi connectivity index (χ2n) is 10.3. The zero-order chi connectivity index (χ0) is 26.7. The number of rotatable bonds is 6. The normalized spacial score (nSPS) is 27.7. The minimum absolute atomic E-state index is 0.0335. The molecule has 0 aromatic heterocycles. The molecule has 2 aliphatic heterocycles. The zero-order valence-electron chi connectivity index (χ0n) is 20.6. The van der Waals surface area contributed by atoms with Crippen molar-refractivity contribution in [3.05, 3.63) is 52.6 Å². The summed E-state index contributed by atoms with van der Waals surface area (Å²) in [6.45, 7) is 0.0335. The molecule has 11 heteroatoms. The van der Waals surface area contributed by atoms with Crippen molar-refractivity contribution < 1.29 is 33.6 Å². The predicted molar refractivity (Wildman–Crippen MR) is 132 cm³/mol. The number of anilines is 2. The van der Waals surface area contributed by atoms with E-state index in [2.05, 4.69) is 0 Å². The number of imide groups is 1. The summed E-state index contributed by atoms with van der Waals surface area (Å²) >= 11 is 0. The van der Waals surface area contributed by atoms with Gasteiger partial charge in [-0.05, 0) is 61.4 Å². The number of non-ortho nitro benzene ring substituents is 1. The molecular weight excluding hydrogens is 494 g/mol. The predicted octanol–water partition coefficient (Wildman–Crippen LogP) is 3.10. The SMILES string of the molecule is COc1cc([N+](=O)[O-])ccc1N1C[C@H](C(=O)Oc2ccc(N3C(=O)[C@@H]4[C@H]5CC[C@@H](C5)[C@@H]4C3=O)cc2)CC1=O. The van der Waals surface area contributed by atoms with Crippen LogP contribution in [0.1, 0.15) is 25.7 Å². The number of hydrogen-bond acceptors (Lipinski definition) is 8. The van der Waals surface area contributed by atoms with Crippen LogP contribution in [-0.2, 0) is 19.2 Å². The highest BCUT2D eigenvalue weighted by atomic mass is 16.6. The molecule has 2 bridgehead atoms. The van der Waals surface area contributed by atoms with Gasteiger partial charge >= 0.3 is 5.97 Å². The molecule has 2 heterocycles. The molecule has 6 rings (SSSR count). The van der Waals surface area contributed by atoms with Crippen LogP contribution in [0.5, 0.6) is 11.5 Å². The van der Waals surface area contributed by atoms with Crippen LogP contribution in [0.3, 0.4) is 0 Å². The first-order chi connectivity index (χ1) is 18.3. The van der Waals surface area contributed by atoms with Crippen molar-refractivity contribution >= 4 is 40.8 Å². The Hall–Kier alpha value is -4.28. The molecule has 2 saturated heterocycles. The van der Waals surface area contributed by atoms with Crippen LogP contribution in [0.4, 0.5) is 17.1 Å². The van der Waals surface area contributed by atoms with E-state index in [0.29, 0.717) is 23.2 Å². The fourth-order valence-electron chi connectivity index (χ4n) is 6.63. The Kier molecular flexibility index (Phi) is 5.66. The van der Waals surface area contributed by atoms with Crippen molar-refractivity contribution in [2.45, 2.75) is 25.7 Å². The summed E-state index contributed by atoms with van der Waals surface area (Å²) in [5.74, 6) is -1.40. The van der Waals surface area contributed by atoms with Crippen LogP contribution < -0.4 is 19.3 Å². The smallest absolute Gasteiger partial charge is 0.316 e. The number of carbonyl (C=O) groups excluding carboxylic acids is 4. The molecule has 5 atom stereocenters. The van der Waals surface area contributed by atoms with Gasteiger partial charge in [-0.25, -0.2) is 0 Å². The summed E-state index contributed by atoms with van der Waals surface area (Å²) < 4.78 is 10.7. The van der Waals surface area contributed by atoms with Crippen molar-refractivity contribution in [3.8, 4) is 11.5 Å². The lowest BCUT2D eigenvalue weighted by Gasteiger charge is -2.19. The van der Waals surface area contributed by atoms with Gasteiger partial charge < -0.3 is 14.4 Å². The molecule has 3 amide bonds. The largest absolute Gasteiger partial charge is 0.494 e. The number of ether oxygens (including phenoxy) is 2. The van der Waals surface area contributed by atoms with Crippen LogP contribution in [0, 0.1) is 39.7 Å². The van der Waals surface area contributed by atoms with E-state index in [-0.39, 0.29) is 59.7 Å². The number of esters is 1. The minimum atomic E-state index is -0.751. The molecule has 0 unspecified atom stereocenters. The molecule has 38 heavy (non-hydrogen) atoms. The number of benzene rings is 2. The molecule has 4 fully saturated rings. The van der Waals surface area contributed by atoms with Crippen molar-refractivity contribution in [3.63, 3.8) is 0 Å². The van der Waals surface area contributed by atoms with Gasteiger partial charge in [0.05, 0.1) is 47.2 Å². The third kappa shape index (κ3) is 3.72. The highest BCUT2D eigenvalue weighted by Gasteiger charge is 2.61. The van der Waals surface area contributed by atoms with Crippen LogP contribution in [0.25, 0.3) is 0 Å². The van der Waals surface area contributed by atoms with E-state index in [1.54, 1.807) is 12.1 Å². The lowest BCUT2D eigenvalue weighted by molar-refractivity contribution is -0.384. The maximum Gasteiger partial charge on any atom is 0.316 e. The number of hydrogen-bond donors (Lipinski definition) is 0. The maximum atomic E-state index is 13.0. The van der Waals surface area contributed by atoms with Gasteiger partial charge in [0.2, 0.25) is 17.7 Å². The monoisotopic (exact) mass is 519 g/mol. The Morgan fingerprint density at radius 1 is 1.00 bits per heavy atom. The molecule has 0 spiro atoms. The van der Waals surface area contributed by atoms with Gasteiger partial charge in [0.15, 0.2) is 0 Å². The molecular formula is C27H25N3O8. The van der Waals surface area contributed by atoms with Crippen LogP contribution in [-0.4, -0.2) is 42.3 Å². The average Bonchev–Trinajstić information content (AvgIpc) is 3.68. The summed E-state index contributed by atoms with van der Waals surface area (Å²) in [4.78, 5) is 64.7. The third-order valence-corrected chi connectivity index (χ3v) is 8.36. The number of nitro groups is 1. The molecule has 11 nitrogen and oxygen atoms in total. The van der Waals surface area contributed by atoms with Gasteiger partial charge in [-0.15, -0.1) is 0 Å². The van der Waals surface area contributed by atoms with Crippen molar-refractivity contribution in [2.24, 2.45) is 29.6 Å². The van der Waals surface area contributed by atoms with E-state index in [9.17, 15) is 29.3 Å². The Labute approximate surface area is 217 Å². The molecule has 2 saturated carbocycles. The summed E-state index contributed by atoms with van der Waals surface area (Å²) in [5, 5.41) is 11.1. The van der Waals surface area contributed by atoms with Crippen molar-refractivity contribution in [1.82, 2.24) is 0 Å². The Bertz CT molecular complexity index is 1340. The van der Waals surface area contributed by atoms with Gasteiger partial charge in [-0.2, -0.15) is 0 Å². The van der Waals surface area contributed by atoms with Gasteiger partial charge in [-0.3, -0.25) is 34.2 Å². The Morgan fingerprint density at radius 2 is 1.66 bits per heavy atom. The van der Waals surface area contributed by atoms with E-state index in [1.165, 1.54) is 47.2 Å². The fourth-order valence-corrected chi connectivity index (χ4v) is 6.63. The molecule has 2 aromatic rings. The molecule has 196 valence electrons. The lowest BCUT2D eigenvalue weighted by atomic mass is 9.81. The highest BCUT2D eigenvalue weighted by molar-refractivity contribution is 6.22. The first-order valence-corrected chi connectivity index (χ1v) is 12.6. The summed E-state index contributed by atoms with van der Waals surface area (Å²) in [7, 11) is 1.35. The van der Waals surface area contributed by atoms with Crippen LogP contribution >= 0.6 is 0 Å². The lowest BCUT2D eigenvalue weighted by Crippen LogP contribution is -2.32. The van der Waals surface area contributed by atoms with Gasteiger partial charge in [-0.1, -0.05) is 0 Å². The Balaban J connectivity index is 1.12. The summed E-state index contributed by atoms with van der Waals surface area (Å²) in [6.07, 6.45) is 2.89. The quantitative estimate of drug-likeness (QED) is 0.187. The van der Waals surface area contributed by atoms with E-state index in [0.717, 1.165) is 19.3 Å². The second kappa shape index (κ2) is 8.93. The number of carbonyl (C=O) groups is 4. The van der Waals surface area contributed by atoms with Crippen molar-refractivity contribution in [1.29, 1.82) is 0 Å². The summed E-state index contributed by atoms with van der Waals surface area (Å²) in [5.41, 5.74) is 0.617. The average molecular weight is 520 g/mol. The van der Waals surface area contributed by atoms with Crippen molar-refractivity contribution in [2.75, 3.05) is 23.5 Å². The standard InChI is InChI=1S/C27H25N3O8/c1-37-21-12-18(30(35)36)6-9-20(21)28-13-16(11-22(28)31)27(34)38-19-7-4-17(5-8-19)29-25(32)23-14-2-3-15(10-14)24(23)26(29)33/h4-9,12,14-16,23-24H,2-3,10-11,13H2,1H3/t14-,15-,16+,23-,24+/m0/s1. The minimum Gasteiger partial charge on any atom is -0.494 e. The third-order valence-electron chi connectivity index (χ3n) is 8.36. The van der Waals surface area contributed by atoms with E-state index >= 15 is 0 Å². The van der Waals surface area contributed by atoms with Gasteiger partial charge in [0, 0.05) is 19.0 Å². The topological polar surface area (TPSA) is 136 Å². The number of nitro benzene ring substituents is 1. The van der Waals surface area contributed by atoms with E-state index in [1.807, 2.05) is 0 Å². The number of methoxy groups -OCH3 is 1. The first kappa shape index (κ1) is 24.1. The van der Waals surface area contributed by atoms with E-state index < -0.39 is 16.8 Å². The van der Waals surface area contributed by atoms with Crippen LogP contribution in [0.15, 0.2) is 42.5 Å². The molecule has 4 aliphatic rings. The molecule has 0 radical (unpaired) electrons. The maximum absolute atomic E-state index is 13.0. The highest BCUT2D eigenvalue weighted by Crippen LogP contribution is 2.56. The van der Waals surface area contributed by atoms with E-state index in [4.69, 9.17) is 9.47 Å². The molecule has 2 aromatic carbocycles. The number of nitrogens with zero attached hydrogens (tertiary/aromatic N) is 3. The molecule has 2 aliphatic carbocycles. The van der Waals surface area contributed by atoms with Gasteiger partial charge in [0.1, 0.15) is 11.5 Å². The zero-order valence-corrected chi connectivity index (χ0v) is 20.6. The fraction of sp³-hybridized carbons (Fsp3) is 0.407. The first-order valence-electron chi connectivity index (χ1n) is 12.6. The summed E-state index contributed by atoms with van der Waals surface area (Å²) in [6, 6.07) is 10.2. The van der Waals surface area contributed by atoms with Crippen LogP contribution in [0.2, 0.25) is 0 Å². The number of amides is 3. The Morgan fingerprint density at radius 3 is 2.26 bits per heavy atom. The number of fused-ring (bicyclic) bond motifs is 5. The van der Waals surface area contributed by atoms with Gasteiger partial charge in [0.25, 0.3) is 5.69 Å². The second-order valence-corrected chi connectivity index (χ2v) is 10.3.